The number of hydrogen-bond acceptors (Lipinski definition) is 3. The molecule has 0 amide bonds. The van der Waals surface area contributed by atoms with Gasteiger partial charge in [-0.3, -0.25) is 4.79 Å². The van der Waals surface area contributed by atoms with E-state index in [4.69, 9.17) is 0 Å². The zero-order chi connectivity index (χ0) is 12.6. The predicted molar refractivity (Wildman–Crippen MR) is 64.2 cm³/mol. The molecule has 0 aromatic rings. The first kappa shape index (κ1) is 15.3. The second-order valence-electron chi connectivity index (χ2n) is 4.29. The molecule has 0 heterocycles. The fourth-order valence-corrected chi connectivity index (χ4v) is 2.01. The van der Waals surface area contributed by atoms with Crippen LogP contribution in [0.1, 0.15) is 59.3 Å². The zero-order valence-corrected chi connectivity index (χ0v) is 10.7. The first-order valence-corrected chi connectivity index (χ1v) is 6.27. The highest BCUT2D eigenvalue weighted by molar-refractivity contribution is 5.89. The Kier molecular flexibility index (Phi) is 7.22. The van der Waals surface area contributed by atoms with Crippen LogP contribution in [0.5, 0.6) is 0 Å². The van der Waals surface area contributed by atoms with Gasteiger partial charge in [-0.15, -0.1) is 0 Å². The van der Waals surface area contributed by atoms with Crippen LogP contribution in [0.3, 0.4) is 0 Å². The predicted octanol–water partition coefficient (Wildman–Crippen LogP) is 2.50. The molecule has 0 aliphatic heterocycles. The number of carbonyl (C=O) groups excluding carboxylic acids is 2. The number of Topliss-reactive ketones (excluding diaryl/α,β-unsaturated/α-hetero) is 1. The van der Waals surface area contributed by atoms with Crippen LogP contribution in [-0.4, -0.2) is 22.8 Å². The largest absolute Gasteiger partial charge is 0.381 e. The molecule has 1 N–H and O–H groups in total. The van der Waals surface area contributed by atoms with Crippen molar-refractivity contribution in [2.24, 2.45) is 5.92 Å². The summed E-state index contributed by atoms with van der Waals surface area (Å²) in [5.41, 5.74) is -1.44. The molecule has 0 aromatic carbocycles. The maximum atomic E-state index is 11.7. The molecule has 94 valence electrons. The van der Waals surface area contributed by atoms with Crippen LogP contribution >= 0.6 is 0 Å². The average molecular weight is 228 g/mol. The van der Waals surface area contributed by atoms with Crippen LogP contribution in [0.15, 0.2) is 0 Å². The summed E-state index contributed by atoms with van der Waals surface area (Å²) < 4.78 is 0. The van der Waals surface area contributed by atoms with Gasteiger partial charge >= 0.3 is 0 Å². The van der Waals surface area contributed by atoms with E-state index in [2.05, 4.69) is 6.92 Å². The lowest BCUT2D eigenvalue weighted by molar-refractivity contribution is -0.147. The van der Waals surface area contributed by atoms with E-state index in [1.165, 1.54) is 0 Å². The quantitative estimate of drug-likeness (QED) is 0.487. The van der Waals surface area contributed by atoms with Gasteiger partial charge < -0.3 is 9.90 Å². The summed E-state index contributed by atoms with van der Waals surface area (Å²) >= 11 is 0. The van der Waals surface area contributed by atoms with Crippen molar-refractivity contribution in [3.8, 4) is 0 Å². The van der Waals surface area contributed by atoms with Crippen molar-refractivity contribution < 1.29 is 14.7 Å². The standard InChI is InChI=1S/C13H24O3/c1-4-7-8-9-11(10-14)13(16,6-3)12(15)5-2/h10-11,16H,4-9H2,1-3H3/t11-,13-/m1/s1. The Bertz CT molecular complexity index is 225. The van der Waals surface area contributed by atoms with E-state index in [-0.39, 0.29) is 12.2 Å². The molecule has 0 aromatic heterocycles. The second kappa shape index (κ2) is 7.55. The van der Waals surface area contributed by atoms with Gasteiger partial charge in [0.25, 0.3) is 0 Å². The summed E-state index contributed by atoms with van der Waals surface area (Å²) in [6.45, 7) is 5.56. The molecule has 3 heteroatoms. The summed E-state index contributed by atoms with van der Waals surface area (Å²) in [5, 5.41) is 10.3. The molecule has 0 saturated heterocycles. The van der Waals surface area contributed by atoms with Crippen LogP contribution in [0.2, 0.25) is 0 Å². The highest BCUT2D eigenvalue weighted by Crippen LogP contribution is 2.27. The minimum absolute atomic E-state index is 0.219. The maximum absolute atomic E-state index is 11.7. The Morgan fingerprint density at radius 3 is 2.31 bits per heavy atom. The van der Waals surface area contributed by atoms with Crippen molar-refractivity contribution in [2.75, 3.05) is 0 Å². The highest BCUT2D eigenvalue weighted by Gasteiger charge is 2.40. The topological polar surface area (TPSA) is 54.4 Å². The lowest BCUT2D eigenvalue weighted by Gasteiger charge is -2.30. The molecule has 2 atom stereocenters. The van der Waals surface area contributed by atoms with Crippen LogP contribution in [0.25, 0.3) is 0 Å². The maximum Gasteiger partial charge on any atom is 0.164 e. The number of aldehydes is 1. The number of carbonyl (C=O) groups is 2. The van der Waals surface area contributed by atoms with E-state index in [1.54, 1.807) is 13.8 Å². The summed E-state index contributed by atoms with van der Waals surface area (Å²) in [6.07, 6.45) is 4.93. The summed E-state index contributed by atoms with van der Waals surface area (Å²) in [7, 11) is 0. The number of ketones is 1. The average Bonchev–Trinajstić information content (AvgIpc) is 2.32. The van der Waals surface area contributed by atoms with Gasteiger partial charge in [-0.25, -0.2) is 0 Å². The number of rotatable bonds is 9. The second-order valence-corrected chi connectivity index (χ2v) is 4.29. The van der Waals surface area contributed by atoms with Crippen LogP contribution in [0.4, 0.5) is 0 Å². The lowest BCUT2D eigenvalue weighted by atomic mass is 9.78. The van der Waals surface area contributed by atoms with Crippen molar-refractivity contribution in [1.82, 2.24) is 0 Å². The van der Waals surface area contributed by atoms with Crippen LogP contribution < -0.4 is 0 Å². The van der Waals surface area contributed by atoms with Gasteiger partial charge in [-0.2, -0.15) is 0 Å². The third-order valence-electron chi connectivity index (χ3n) is 3.24. The Balaban J connectivity index is 4.60. The molecular formula is C13H24O3. The molecule has 0 aliphatic rings. The van der Waals surface area contributed by atoms with E-state index < -0.39 is 11.5 Å². The molecular weight excluding hydrogens is 204 g/mol. The summed E-state index contributed by atoms with van der Waals surface area (Å²) in [5.74, 6) is -0.764. The smallest absolute Gasteiger partial charge is 0.164 e. The molecule has 0 rings (SSSR count). The molecule has 16 heavy (non-hydrogen) atoms. The molecule has 0 fully saturated rings. The minimum atomic E-state index is -1.44. The summed E-state index contributed by atoms with van der Waals surface area (Å²) in [4.78, 5) is 22.7. The van der Waals surface area contributed by atoms with E-state index >= 15 is 0 Å². The third-order valence-corrected chi connectivity index (χ3v) is 3.24. The van der Waals surface area contributed by atoms with Gasteiger partial charge in [0, 0.05) is 6.42 Å². The molecule has 0 spiro atoms. The normalized spacial score (nSPS) is 16.5. The van der Waals surface area contributed by atoms with Crippen LogP contribution in [0, 0.1) is 5.92 Å². The van der Waals surface area contributed by atoms with Gasteiger partial charge in [0.05, 0.1) is 5.92 Å². The van der Waals surface area contributed by atoms with Gasteiger partial charge in [-0.05, 0) is 12.8 Å². The Hall–Kier alpha value is -0.700. The molecule has 0 bridgehead atoms. The zero-order valence-electron chi connectivity index (χ0n) is 10.7. The van der Waals surface area contributed by atoms with Crippen molar-refractivity contribution in [3.63, 3.8) is 0 Å². The SMILES string of the molecule is CCCCC[C@H](C=O)[C@](O)(CC)C(=O)CC. The van der Waals surface area contributed by atoms with Gasteiger partial charge in [0.15, 0.2) is 5.78 Å². The van der Waals surface area contributed by atoms with Crippen molar-refractivity contribution in [3.05, 3.63) is 0 Å². The van der Waals surface area contributed by atoms with Crippen molar-refractivity contribution >= 4 is 12.1 Å². The van der Waals surface area contributed by atoms with E-state index in [9.17, 15) is 14.7 Å². The molecule has 0 saturated carbocycles. The lowest BCUT2D eigenvalue weighted by Crippen LogP contribution is -2.46. The monoisotopic (exact) mass is 228 g/mol. The number of hydrogen-bond donors (Lipinski definition) is 1. The third kappa shape index (κ3) is 3.71. The molecule has 0 unspecified atom stereocenters. The first-order valence-electron chi connectivity index (χ1n) is 6.27. The fraction of sp³-hybridized carbons (Fsp3) is 0.846. The van der Waals surface area contributed by atoms with E-state index in [0.717, 1.165) is 25.5 Å². The number of aliphatic hydroxyl groups is 1. The van der Waals surface area contributed by atoms with Crippen LogP contribution in [-0.2, 0) is 9.59 Å². The van der Waals surface area contributed by atoms with Gasteiger partial charge in [0.1, 0.15) is 11.9 Å². The van der Waals surface area contributed by atoms with Crippen molar-refractivity contribution in [2.45, 2.75) is 64.9 Å². The Morgan fingerprint density at radius 1 is 1.31 bits per heavy atom. The first-order chi connectivity index (χ1) is 7.56. The minimum Gasteiger partial charge on any atom is -0.381 e. The van der Waals surface area contributed by atoms with Gasteiger partial charge in [-0.1, -0.05) is 40.0 Å². The summed E-state index contributed by atoms with van der Waals surface area (Å²) in [6, 6.07) is 0. The van der Waals surface area contributed by atoms with E-state index in [1.807, 2.05) is 0 Å². The molecule has 0 radical (unpaired) electrons. The fourth-order valence-electron chi connectivity index (χ4n) is 2.01. The molecule has 0 aliphatic carbocycles. The molecule has 3 nitrogen and oxygen atoms in total. The number of unbranched alkanes of at least 4 members (excludes halogenated alkanes) is 2. The van der Waals surface area contributed by atoms with Gasteiger partial charge in [0.2, 0.25) is 0 Å². The van der Waals surface area contributed by atoms with Crippen molar-refractivity contribution in [1.29, 1.82) is 0 Å². The van der Waals surface area contributed by atoms with E-state index in [0.29, 0.717) is 12.8 Å². The Labute approximate surface area is 98.2 Å². The highest BCUT2D eigenvalue weighted by atomic mass is 16.3. The Morgan fingerprint density at radius 2 is 1.94 bits per heavy atom.